The van der Waals surface area contributed by atoms with E-state index >= 15 is 0 Å². The van der Waals surface area contributed by atoms with E-state index in [1.165, 1.54) is 6.42 Å². The van der Waals surface area contributed by atoms with Gasteiger partial charge in [0.2, 0.25) is 0 Å². The summed E-state index contributed by atoms with van der Waals surface area (Å²) in [5.41, 5.74) is 8.18. The largest absolute Gasteiger partial charge is 0.360 e. The van der Waals surface area contributed by atoms with Crippen molar-refractivity contribution in [3.63, 3.8) is 0 Å². The van der Waals surface area contributed by atoms with Gasteiger partial charge < -0.3 is 10.7 Å². The van der Waals surface area contributed by atoms with Crippen molar-refractivity contribution in [3.8, 4) is 11.4 Å². The highest BCUT2D eigenvalue weighted by atomic mass is 32.1. The van der Waals surface area contributed by atoms with Gasteiger partial charge in [0, 0.05) is 11.6 Å². The maximum atomic E-state index is 6.23. The van der Waals surface area contributed by atoms with Crippen LogP contribution < -0.4 is 5.73 Å². The summed E-state index contributed by atoms with van der Waals surface area (Å²) in [6, 6.07) is 4.01. The fraction of sp³-hybridized carbons (Fsp3) is 0.364. The normalized spacial score (nSPS) is 18.7. The average Bonchev–Trinajstić information content (AvgIpc) is 2.84. The molecule has 1 aliphatic carbocycles. The molecule has 0 unspecified atom stereocenters. The van der Waals surface area contributed by atoms with Gasteiger partial charge in [-0.1, -0.05) is 0 Å². The Morgan fingerprint density at radius 3 is 2.93 bits per heavy atom. The topological polar surface area (TPSA) is 54.7 Å². The van der Waals surface area contributed by atoms with Crippen LogP contribution in [0.2, 0.25) is 0 Å². The van der Waals surface area contributed by atoms with Gasteiger partial charge in [0.15, 0.2) is 0 Å². The Bertz CT molecular complexity index is 454. The van der Waals surface area contributed by atoms with E-state index in [4.69, 9.17) is 5.73 Å². The maximum absolute atomic E-state index is 6.23. The van der Waals surface area contributed by atoms with Crippen molar-refractivity contribution in [2.75, 3.05) is 0 Å². The predicted molar refractivity (Wildman–Crippen MR) is 61.6 cm³/mol. The third-order valence-corrected chi connectivity index (χ3v) is 4.11. The zero-order valence-corrected chi connectivity index (χ0v) is 9.18. The quantitative estimate of drug-likeness (QED) is 0.815. The van der Waals surface area contributed by atoms with Crippen molar-refractivity contribution >= 4 is 11.3 Å². The Labute approximate surface area is 92.4 Å². The van der Waals surface area contributed by atoms with Crippen LogP contribution in [0.25, 0.3) is 11.4 Å². The number of nitrogens with zero attached hydrogens (tertiary/aromatic N) is 1. The van der Waals surface area contributed by atoms with E-state index in [-0.39, 0.29) is 5.54 Å². The first-order valence-electron chi connectivity index (χ1n) is 5.17. The monoisotopic (exact) mass is 219 g/mol. The van der Waals surface area contributed by atoms with Crippen molar-refractivity contribution in [2.45, 2.75) is 24.8 Å². The van der Waals surface area contributed by atoms with Gasteiger partial charge in [0.25, 0.3) is 0 Å². The molecule has 2 aromatic rings. The lowest BCUT2D eigenvalue weighted by molar-refractivity contribution is 0.253. The fourth-order valence-electron chi connectivity index (χ4n) is 1.89. The lowest BCUT2D eigenvalue weighted by Crippen LogP contribution is -2.43. The number of hydrogen-bond acceptors (Lipinski definition) is 3. The summed E-state index contributed by atoms with van der Waals surface area (Å²) in [4.78, 5) is 7.77. The maximum Gasteiger partial charge on any atom is 0.113 e. The molecule has 0 spiro atoms. The number of H-pyrrole nitrogens is 1. The van der Waals surface area contributed by atoms with Crippen LogP contribution in [0.5, 0.6) is 0 Å². The minimum Gasteiger partial charge on any atom is -0.360 e. The molecule has 2 heterocycles. The number of nitrogens with two attached hydrogens (primary N) is 1. The summed E-state index contributed by atoms with van der Waals surface area (Å²) >= 11 is 1.67. The molecule has 3 rings (SSSR count). The smallest absolute Gasteiger partial charge is 0.113 e. The second-order valence-corrected chi connectivity index (χ2v) is 4.99. The number of aromatic nitrogens is 2. The lowest BCUT2D eigenvalue weighted by atomic mass is 9.78. The van der Waals surface area contributed by atoms with E-state index in [0.717, 1.165) is 29.2 Å². The molecule has 4 heteroatoms. The van der Waals surface area contributed by atoms with Gasteiger partial charge in [-0.3, -0.25) is 0 Å². The fourth-order valence-corrected chi connectivity index (χ4v) is 2.88. The molecular formula is C11H13N3S. The van der Waals surface area contributed by atoms with Crippen molar-refractivity contribution in [3.05, 3.63) is 28.7 Å². The number of hydrogen-bond donors (Lipinski definition) is 2. The van der Waals surface area contributed by atoms with Crippen LogP contribution >= 0.6 is 11.3 Å². The van der Waals surface area contributed by atoms with Crippen molar-refractivity contribution < 1.29 is 0 Å². The minimum absolute atomic E-state index is 0.129. The Kier molecular flexibility index (Phi) is 1.94. The third-order valence-electron chi connectivity index (χ3n) is 3.05. The van der Waals surface area contributed by atoms with E-state index in [1.807, 2.05) is 18.3 Å². The second-order valence-electron chi connectivity index (χ2n) is 4.13. The lowest BCUT2D eigenvalue weighted by Gasteiger charge is -2.35. The molecule has 1 aliphatic rings. The van der Waals surface area contributed by atoms with E-state index in [9.17, 15) is 0 Å². The van der Waals surface area contributed by atoms with Gasteiger partial charge in [-0.2, -0.15) is 0 Å². The molecule has 3 N–H and O–H groups in total. The van der Waals surface area contributed by atoms with Gasteiger partial charge in [-0.15, -0.1) is 11.3 Å². The summed E-state index contributed by atoms with van der Waals surface area (Å²) in [6.07, 6.45) is 5.29. The van der Waals surface area contributed by atoms with E-state index < -0.39 is 0 Å². The molecular weight excluding hydrogens is 206 g/mol. The number of thiazole rings is 1. The van der Waals surface area contributed by atoms with Crippen LogP contribution in [-0.2, 0) is 5.54 Å². The zero-order chi connectivity index (χ0) is 10.3. The van der Waals surface area contributed by atoms with Crippen LogP contribution in [0.4, 0.5) is 0 Å². The van der Waals surface area contributed by atoms with E-state index in [0.29, 0.717) is 0 Å². The molecule has 0 aliphatic heterocycles. The van der Waals surface area contributed by atoms with Crippen LogP contribution in [0, 0.1) is 0 Å². The third kappa shape index (κ3) is 1.41. The first-order chi connectivity index (χ1) is 7.28. The number of rotatable bonds is 2. The Morgan fingerprint density at radius 2 is 2.33 bits per heavy atom. The Hall–Kier alpha value is -1.13. The van der Waals surface area contributed by atoms with Gasteiger partial charge in [0.05, 0.1) is 16.9 Å². The van der Waals surface area contributed by atoms with Crippen LogP contribution in [0.15, 0.2) is 23.7 Å². The number of nitrogens with one attached hydrogen (secondary N) is 1. The Morgan fingerprint density at radius 1 is 1.47 bits per heavy atom. The van der Waals surface area contributed by atoms with Gasteiger partial charge in [0.1, 0.15) is 5.01 Å². The highest BCUT2D eigenvalue weighted by Gasteiger charge is 2.37. The molecule has 2 aromatic heterocycles. The van der Waals surface area contributed by atoms with Crippen molar-refractivity contribution in [1.82, 2.24) is 9.97 Å². The second kappa shape index (κ2) is 3.18. The molecule has 15 heavy (non-hydrogen) atoms. The van der Waals surface area contributed by atoms with Gasteiger partial charge in [-0.05, 0) is 31.4 Å². The van der Waals surface area contributed by atoms with Gasteiger partial charge >= 0.3 is 0 Å². The first-order valence-corrected chi connectivity index (χ1v) is 6.05. The standard InChI is InChI=1S/C11H13N3S/c12-11(4-2-5-11)10-14-9(7-15-10)8-3-1-6-13-8/h1,3,6-7,13H,2,4-5,12H2. The predicted octanol–water partition coefficient (Wildman–Crippen LogP) is 2.48. The van der Waals surface area contributed by atoms with Crippen molar-refractivity contribution in [2.24, 2.45) is 5.73 Å². The average molecular weight is 219 g/mol. The molecule has 1 fully saturated rings. The molecule has 1 saturated carbocycles. The molecule has 0 bridgehead atoms. The summed E-state index contributed by atoms with van der Waals surface area (Å²) < 4.78 is 0. The number of aromatic amines is 1. The molecule has 3 nitrogen and oxygen atoms in total. The van der Waals surface area contributed by atoms with Crippen molar-refractivity contribution in [1.29, 1.82) is 0 Å². The van der Waals surface area contributed by atoms with Crippen LogP contribution in [-0.4, -0.2) is 9.97 Å². The molecule has 0 radical (unpaired) electrons. The SMILES string of the molecule is NC1(c2nc(-c3ccc[nH]3)cs2)CCC1. The zero-order valence-electron chi connectivity index (χ0n) is 8.36. The first kappa shape index (κ1) is 9.12. The summed E-state index contributed by atoms with van der Waals surface area (Å²) in [6.45, 7) is 0. The Balaban J connectivity index is 1.94. The summed E-state index contributed by atoms with van der Waals surface area (Å²) in [7, 11) is 0. The molecule has 0 saturated heterocycles. The van der Waals surface area contributed by atoms with Gasteiger partial charge in [-0.25, -0.2) is 4.98 Å². The minimum atomic E-state index is -0.129. The molecule has 78 valence electrons. The van der Waals surface area contributed by atoms with Crippen LogP contribution in [0.1, 0.15) is 24.3 Å². The van der Waals surface area contributed by atoms with E-state index in [1.54, 1.807) is 11.3 Å². The highest BCUT2D eigenvalue weighted by Crippen LogP contribution is 2.40. The van der Waals surface area contributed by atoms with Crippen LogP contribution in [0.3, 0.4) is 0 Å². The molecule has 0 aromatic carbocycles. The molecule has 0 atom stereocenters. The summed E-state index contributed by atoms with van der Waals surface area (Å²) in [5.74, 6) is 0. The van der Waals surface area contributed by atoms with E-state index in [2.05, 4.69) is 15.3 Å². The summed E-state index contributed by atoms with van der Waals surface area (Å²) in [5, 5.41) is 3.16. The molecule has 0 amide bonds. The highest BCUT2D eigenvalue weighted by molar-refractivity contribution is 7.10.